The molecule has 0 heterocycles. The van der Waals surface area contributed by atoms with Crippen LogP contribution in [-0.4, -0.2) is 0 Å². The highest BCUT2D eigenvalue weighted by Crippen LogP contribution is 2.24. The summed E-state index contributed by atoms with van der Waals surface area (Å²) < 4.78 is 25.0. The first-order valence-electron chi connectivity index (χ1n) is 6.77. The van der Waals surface area contributed by atoms with E-state index in [2.05, 4.69) is 25.2 Å². The molecule has 0 spiro atoms. The van der Waals surface area contributed by atoms with Crippen LogP contribution in [0.2, 0.25) is 0 Å². The van der Waals surface area contributed by atoms with Crippen LogP contribution in [0.5, 0.6) is 0 Å². The van der Waals surface area contributed by atoms with Crippen molar-refractivity contribution in [2.24, 2.45) is 0 Å². The van der Waals surface area contributed by atoms with Gasteiger partial charge in [-0.1, -0.05) is 56.3 Å². The van der Waals surface area contributed by atoms with Gasteiger partial charge in [0.15, 0.2) is 0 Å². The van der Waals surface area contributed by atoms with E-state index >= 15 is 0 Å². The molecule has 0 saturated carbocycles. The molecule has 106 valence electrons. The standard InChI is InChI=1S/C17H19F2N/c1-12(2)15-5-3-4-6-16(15)20-11-13-7-9-14(10-8-13)17(18)19/h3-10,12,17,20H,11H2,1-2H3. The Labute approximate surface area is 118 Å². The second-order valence-electron chi connectivity index (χ2n) is 5.14. The molecule has 0 radical (unpaired) electrons. The van der Waals surface area contributed by atoms with Crippen molar-refractivity contribution >= 4 is 5.69 Å². The number of anilines is 1. The number of para-hydroxylation sites is 1. The van der Waals surface area contributed by atoms with Gasteiger partial charge in [0.2, 0.25) is 0 Å². The van der Waals surface area contributed by atoms with Gasteiger partial charge >= 0.3 is 0 Å². The highest BCUT2D eigenvalue weighted by Gasteiger charge is 2.07. The molecule has 0 aliphatic carbocycles. The Morgan fingerprint density at radius 2 is 1.60 bits per heavy atom. The van der Waals surface area contributed by atoms with Crippen molar-refractivity contribution in [3.63, 3.8) is 0 Å². The maximum atomic E-state index is 12.5. The normalized spacial score (nSPS) is 11.1. The van der Waals surface area contributed by atoms with Gasteiger partial charge in [0.1, 0.15) is 0 Å². The lowest BCUT2D eigenvalue weighted by molar-refractivity contribution is 0.151. The molecule has 0 amide bonds. The molecule has 2 aromatic rings. The summed E-state index contributed by atoms with van der Waals surface area (Å²) in [5.41, 5.74) is 3.42. The molecular formula is C17H19F2N. The van der Waals surface area contributed by atoms with Crippen LogP contribution in [0.3, 0.4) is 0 Å². The zero-order chi connectivity index (χ0) is 14.5. The molecule has 0 fully saturated rings. The maximum absolute atomic E-state index is 12.5. The summed E-state index contributed by atoms with van der Waals surface area (Å²) in [5, 5.41) is 3.37. The van der Waals surface area contributed by atoms with Crippen LogP contribution < -0.4 is 5.32 Å². The van der Waals surface area contributed by atoms with Crippen molar-refractivity contribution in [3.05, 3.63) is 65.2 Å². The lowest BCUT2D eigenvalue weighted by atomic mass is 10.0. The van der Waals surface area contributed by atoms with Crippen LogP contribution in [0.25, 0.3) is 0 Å². The van der Waals surface area contributed by atoms with E-state index in [0.29, 0.717) is 12.5 Å². The summed E-state index contributed by atoms with van der Waals surface area (Å²) in [6, 6.07) is 14.6. The number of benzene rings is 2. The second-order valence-corrected chi connectivity index (χ2v) is 5.14. The van der Waals surface area contributed by atoms with Gasteiger partial charge < -0.3 is 5.32 Å². The van der Waals surface area contributed by atoms with E-state index in [1.54, 1.807) is 12.1 Å². The Hall–Kier alpha value is -1.90. The zero-order valence-corrected chi connectivity index (χ0v) is 11.7. The summed E-state index contributed by atoms with van der Waals surface area (Å²) in [4.78, 5) is 0. The minimum atomic E-state index is -2.40. The molecule has 0 saturated heterocycles. The molecule has 2 aromatic carbocycles. The summed E-state index contributed by atoms with van der Waals surface area (Å²) in [6.07, 6.45) is -2.40. The van der Waals surface area contributed by atoms with Gasteiger partial charge in [0.05, 0.1) is 0 Å². The average Bonchev–Trinajstić information content (AvgIpc) is 2.45. The van der Waals surface area contributed by atoms with Crippen molar-refractivity contribution in [2.45, 2.75) is 32.7 Å². The Bertz CT molecular complexity index is 547. The van der Waals surface area contributed by atoms with Crippen LogP contribution in [0.15, 0.2) is 48.5 Å². The van der Waals surface area contributed by atoms with Crippen molar-refractivity contribution in [1.29, 1.82) is 0 Å². The van der Waals surface area contributed by atoms with Gasteiger partial charge in [-0.2, -0.15) is 0 Å². The van der Waals surface area contributed by atoms with E-state index < -0.39 is 6.43 Å². The van der Waals surface area contributed by atoms with E-state index in [9.17, 15) is 8.78 Å². The van der Waals surface area contributed by atoms with Crippen molar-refractivity contribution in [2.75, 3.05) is 5.32 Å². The summed E-state index contributed by atoms with van der Waals surface area (Å²) in [7, 11) is 0. The molecular weight excluding hydrogens is 256 g/mol. The molecule has 20 heavy (non-hydrogen) atoms. The van der Waals surface area contributed by atoms with Crippen LogP contribution in [0.1, 0.15) is 42.9 Å². The minimum absolute atomic E-state index is 0.0660. The second kappa shape index (κ2) is 6.51. The topological polar surface area (TPSA) is 12.0 Å². The van der Waals surface area contributed by atoms with Crippen LogP contribution in [-0.2, 0) is 6.54 Å². The van der Waals surface area contributed by atoms with E-state index in [4.69, 9.17) is 0 Å². The van der Waals surface area contributed by atoms with Gasteiger partial charge in [0.25, 0.3) is 6.43 Å². The maximum Gasteiger partial charge on any atom is 0.263 e. The van der Waals surface area contributed by atoms with Crippen LogP contribution in [0.4, 0.5) is 14.5 Å². The summed E-state index contributed by atoms with van der Waals surface area (Å²) in [6.45, 7) is 4.93. The fraction of sp³-hybridized carbons (Fsp3) is 0.294. The van der Waals surface area contributed by atoms with Crippen LogP contribution in [0, 0.1) is 0 Å². The first-order valence-corrected chi connectivity index (χ1v) is 6.77. The van der Waals surface area contributed by atoms with Crippen molar-refractivity contribution in [3.8, 4) is 0 Å². The van der Waals surface area contributed by atoms with E-state index in [0.717, 1.165) is 11.3 Å². The lowest BCUT2D eigenvalue weighted by Crippen LogP contribution is -2.03. The van der Waals surface area contributed by atoms with E-state index in [-0.39, 0.29) is 5.56 Å². The monoisotopic (exact) mass is 275 g/mol. The smallest absolute Gasteiger partial charge is 0.263 e. The number of hydrogen-bond acceptors (Lipinski definition) is 1. The molecule has 0 bridgehead atoms. The number of alkyl halides is 2. The van der Waals surface area contributed by atoms with Gasteiger partial charge in [-0.15, -0.1) is 0 Å². The van der Waals surface area contributed by atoms with Gasteiger partial charge in [-0.05, 0) is 23.1 Å². The first-order chi connectivity index (χ1) is 9.58. The SMILES string of the molecule is CC(C)c1ccccc1NCc1ccc(C(F)F)cc1. The number of hydrogen-bond donors (Lipinski definition) is 1. The van der Waals surface area contributed by atoms with Gasteiger partial charge in [-0.3, -0.25) is 0 Å². The first kappa shape index (κ1) is 14.5. The Balaban J connectivity index is 2.05. The molecule has 0 aliphatic rings. The predicted octanol–water partition coefficient (Wildman–Crippen LogP) is 5.36. The van der Waals surface area contributed by atoms with Crippen molar-refractivity contribution < 1.29 is 8.78 Å². The quantitative estimate of drug-likeness (QED) is 0.774. The van der Waals surface area contributed by atoms with Crippen molar-refractivity contribution in [1.82, 2.24) is 0 Å². The average molecular weight is 275 g/mol. The number of nitrogens with one attached hydrogen (secondary N) is 1. The molecule has 1 N–H and O–H groups in total. The van der Waals surface area contributed by atoms with Gasteiger partial charge in [-0.25, -0.2) is 8.78 Å². The Morgan fingerprint density at radius 3 is 2.20 bits per heavy atom. The van der Waals surface area contributed by atoms with Crippen LogP contribution >= 0.6 is 0 Å². The lowest BCUT2D eigenvalue weighted by Gasteiger charge is -2.14. The molecule has 0 aromatic heterocycles. The molecule has 3 heteroatoms. The van der Waals surface area contributed by atoms with E-state index in [1.165, 1.54) is 17.7 Å². The molecule has 0 unspecified atom stereocenters. The zero-order valence-electron chi connectivity index (χ0n) is 11.7. The molecule has 0 atom stereocenters. The third kappa shape index (κ3) is 3.56. The minimum Gasteiger partial charge on any atom is -0.381 e. The molecule has 1 nitrogen and oxygen atoms in total. The summed E-state index contributed by atoms with van der Waals surface area (Å²) >= 11 is 0. The molecule has 2 rings (SSSR count). The Morgan fingerprint density at radius 1 is 0.950 bits per heavy atom. The largest absolute Gasteiger partial charge is 0.381 e. The third-order valence-electron chi connectivity index (χ3n) is 3.30. The predicted molar refractivity (Wildman–Crippen MR) is 79.3 cm³/mol. The molecule has 0 aliphatic heterocycles. The fourth-order valence-corrected chi connectivity index (χ4v) is 2.14. The summed E-state index contributed by atoms with van der Waals surface area (Å²) in [5.74, 6) is 0.444. The Kier molecular flexibility index (Phi) is 4.72. The fourth-order valence-electron chi connectivity index (χ4n) is 2.14. The highest BCUT2D eigenvalue weighted by atomic mass is 19.3. The van der Waals surface area contributed by atoms with Gasteiger partial charge in [0, 0.05) is 17.8 Å². The third-order valence-corrected chi connectivity index (χ3v) is 3.30. The number of rotatable bonds is 5. The number of halogens is 2. The highest BCUT2D eigenvalue weighted by molar-refractivity contribution is 5.52. The van der Waals surface area contributed by atoms with E-state index in [1.807, 2.05) is 18.2 Å².